The summed E-state index contributed by atoms with van der Waals surface area (Å²) in [5.41, 5.74) is 2.75. The van der Waals surface area contributed by atoms with E-state index in [1.165, 1.54) is 0 Å². The average Bonchev–Trinajstić information content (AvgIpc) is 2.10. The molecule has 0 heterocycles. The minimum atomic E-state index is -3.22. The van der Waals surface area contributed by atoms with Gasteiger partial charge in [-0.3, -0.25) is 4.72 Å². The molecule has 0 radical (unpaired) electrons. The summed E-state index contributed by atoms with van der Waals surface area (Å²) in [6, 6.07) is 5.62. The maximum Gasteiger partial charge on any atom is 0.232 e. The summed E-state index contributed by atoms with van der Waals surface area (Å²) in [5, 5.41) is 0. The van der Waals surface area contributed by atoms with E-state index in [0.29, 0.717) is 5.69 Å². The van der Waals surface area contributed by atoms with Gasteiger partial charge in [-0.1, -0.05) is 26.0 Å². The molecule has 0 amide bonds. The number of anilines is 1. The van der Waals surface area contributed by atoms with Crippen LogP contribution in [0.1, 0.15) is 25.0 Å². The second-order valence-electron chi connectivity index (χ2n) is 4.52. The lowest BCUT2D eigenvalue weighted by atomic mass is 10.1. The topological polar surface area (TPSA) is 46.2 Å². The van der Waals surface area contributed by atoms with Gasteiger partial charge in [-0.2, -0.15) is 0 Å². The fourth-order valence-corrected chi connectivity index (χ4v) is 3.03. The summed E-state index contributed by atoms with van der Waals surface area (Å²) in [5.74, 6) is 0.281. The molecule has 90 valence electrons. The van der Waals surface area contributed by atoms with Crippen LogP contribution in [0.15, 0.2) is 18.2 Å². The number of sulfonamides is 1. The van der Waals surface area contributed by atoms with Gasteiger partial charge in [0.05, 0.1) is 11.4 Å². The molecule has 0 saturated heterocycles. The van der Waals surface area contributed by atoms with E-state index in [0.717, 1.165) is 11.1 Å². The van der Waals surface area contributed by atoms with E-state index in [-0.39, 0.29) is 11.7 Å². The van der Waals surface area contributed by atoms with Crippen LogP contribution >= 0.6 is 0 Å². The van der Waals surface area contributed by atoms with Crippen molar-refractivity contribution in [3.8, 4) is 0 Å². The molecule has 0 unspecified atom stereocenters. The Kier molecular flexibility index (Phi) is 3.97. The first-order valence-corrected chi connectivity index (χ1v) is 7.04. The fraction of sp³-hybridized carbons (Fsp3) is 0.500. The molecule has 0 aliphatic heterocycles. The second-order valence-corrected chi connectivity index (χ2v) is 6.29. The second kappa shape index (κ2) is 4.87. The SMILES string of the molecule is Cc1cccc(NS(=O)(=O)CC(C)C)c1C. The van der Waals surface area contributed by atoms with Crippen molar-refractivity contribution in [3.05, 3.63) is 29.3 Å². The lowest BCUT2D eigenvalue weighted by molar-refractivity contribution is 0.587. The Bertz CT molecular complexity index is 464. The Morgan fingerprint density at radius 3 is 2.44 bits per heavy atom. The highest BCUT2D eigenvalue weighted by Gasteiger charge is 2.14. The van der Waals surface area contributed by atoms with E-state index < -0.39 is 10.0 Å². The molecule has 0 spiro atoms. The smallest absolute Gasteiger partial charge is 0.232 e. The number of hydrogen-bond acceptors (Lipinski definition) is 2. The van der Waals surface area contributed by atoms with Crippen LogP contribution in [-0.2, 0) is 10.0 Å². The third kappa shape index (κ3) is 3.52. The molecule has 0 aromatic heterocycles. The third-order valence-electron chi connectivity index (χ3n) is 2.42. The molecule has 0 fully saturated rings. The van der Waals surface area contributed by atoms with Crippen LogP contribution < -0.4 is 4.72 Å². The zero-order valence-electron chi connectivity index (χ0n) is 10.2. The molecular weight excluding hydrogens is 222 g/mol. The lowest BCUT2D eigenvalue weighted by Crippen LogP contribution is -2.20. The first-order valence-electron chi connectivity index (χ1n) is 5.38. The predicted octanol–water partition coefficient (Wildman–Crippen LogP) is 2.70. The van der Waals surface area contributed by atoms with Crippen molar-refractivity contribution >= 4 is 15.7 Å². The Morgan fingerprint density at radius 2 is 1.88 bits per heavy atom. The van der Waals surface area contributed by atoms with Crippen LogP contribution in [0.5, 0.6) is 0 Å². The van der Waals surface area contributed by atoms with Crippen molar-refractivity contribution in [2.45, 2.75) is 27.7 Å². The van der Waals surface area contributed by atoms with Crippen molar-refractivity contribution in [2.24, 2.45) is 5.92 Å². The molecule has 0 saturated carbocycles. The molecule has 1 rings (SSSR count). The minimum Gasteiger partial charge on any atom is -0.283 e. The van der Waals surface area contributed by atoms with Gasteiger partial charge in [-0.15, -0.1) is 0 Å². The maximum absolute atomic E-state index is 11.8. The normalized spacial score (nSPS) is 11.8. The van der Waals surface area contributed by atoms with Gasteiger partial charge in [0, 0.05) is 0 Å². The van der Waals surface area contributed by atoms with Gasteiger partial charge in [0.15, 0.2) is 0 Å². The molecule has 0 aliphatic carbocycles. The van der Waals surface area contributed by atoms with Gasteiger partial charge >= 0.3 is 0 Å². The molecule has 1 N–H and O–H groups in total. The van der Waals surface area contributed by atoms with Crippen molar-refractivity contribution in [1.29, 1.82) is 0 Å². The molecule has 0 aliphatic rings. The van der Waals surface area contributed by atoms with E-state index in [1.807, 2.05) is 39.8 Å². The molecular formula is C12H19NO2S. The largest absolute Gasteiger partial charge is 0.283 e. The van der Waals surface area contributed by atoms with Crippen LogP contribution in [-0.4, -0.2) is 14.2 Å². The van der Waals surface area contributed by atoms with Crippen molar-refractivity contribution in [3.63, 3.8) is 0 Å². The Balaban J connectivity index is 2.93. The number of nitrogens with one attached hydrogen (secondary N) is 1. The summed E-state index contributed by atoms with van der Waals surface area (Å²) in [7, 11) is -3.22. The first kappa shape index (κ1) is 13.0. The van der Waals surface area contributed by atoms with Crippen LogP contribution in [0.2, 0.25) is 0 Å². The number of aryl methyl sites for hydroxylation is 1. The summed E-state index contributed by atoms with van der Waals surface area (Å²) in [6.07, 6.45) is 0. The van der Waals surface area contributed by atoms with Gasteiger partial charge in [0.2, 0.25) is 10.0 Å². The van der Waals surface area contributed by atoms with Crippen molar-refractivity contribution in [1.82, 2.24) is 0 Å². The number of hydrogen-bond donors (Lipinski definition) is 1. The highest BCUT2D eigenvalue weighted by atomic mass is 32.2. The van der Waals surface area contributed by atoms with Crippen LogP contribution in [0.3, 0.4) is 0 Å². The Labute approximate surface area is 97.9 Å². The van der Waals surface area contributed by atoms with Gasteiger partial charge < -0.3 is 0 Å². The maximum atomic E-state index is 11.8. The van der Waals surface area contributed by atoms with E-state index in [4.69, 9.17) is 0 Å². The van der Waals surface area contributed by atoms with Crippen molar-refractivity contribution < 1.29 is 8.42 Å². The molecule has 3 nitrogen and oxygen atoms in total. The third-order valence-corrected chi connectivity index (χ3v) is 4.06. The highest BCUT2D eigenvalue weighted by Crippen LogP contribution is 2.19. The molecule has 1 aromatic rings. The van der Waals surface area contributed by atoms with E-state index in [9.17, 15) is 8.42 Å². The predicted molar refractivity (Wildman–Crippen MR) is 68.2 cm³/mol. The minimum absolute atomic E-state index is 0.127. The Hall–Kier alpha value is -1.03. The Morgan fingerprint density at radius 1 is 1.25 bits per heavy atom. The zero-order chi connectivity index (χ0) is 12.3. The highest BCUT2D eigenvalue weighted by molar-refractivity contribution is 7.92. The van der Waals surface area contributed by atoms with Gasteiger partial charge in [0.1, 0.15) is 0 Å². The average molecular weight is 241 g/mol. The molecule has 16 heavy (non-hydrogen) atoms. The quantitative estimate of drug-likeness (QED) is 0.881. The van der Waals surface area contributed by atoms with Crippen LogP contribution in [0.4, 0.5) is 5.69 Å². The molecule has 0 atom stereocenters. The van der Waals surface area contributed by atoms with Gasteiger partial charge in [0.25, 0.3) is 0 Å². The first-order chi connectivity index (χ1) is 7.32. The van der Waals surface area contributed by atoms with Gasteiger partial charge in [-0.05, 0) is 37.0 Å². The number of benzene rings is 1. The number of rotatable bonds is 4. The fourth-order valence-electron chi connectivity index (χ4n) is 1.51. The summed E-state index contributed by atoms with van der Waals surface area (Å²) in [4.78, 5) is 0. The van der Waals surface area contributed by atoms with Crippen LogP contribution in [0.25, 0.3) is 0 Å². The lowest BCUT2D eigenvalue weighted by Gasteiger charge is -2.13. The van der Waals surface area contributed by atoms with Gasteiger partial charge in [-0.25, -0.2) is 8.42 Å². The molecule has 4 heteroatoms. The van der Waals surface area contributed by atoms with Crippen molar-refractivity contribution in [2.75, 3.05) is 10.5 Å². The zero-order valence-corrected chi connectivity index (χ0v) is 11.1. The van der Waals surface area contributed by atoms with E-state index in [1.54, 1.807) is 6.07 Å². The van der Waals surface area contributed by atoms with Crippen LogP contribution in [0, 0.1) is 19.8 Å². The standard InChI is InChI=1S/C12H19NO2S/c1-9(2)8-16(14,15)13-12-7-5-6-10(3)11(12)4/h5-7,9,13H,8H2,1-4H3. The summed E-state index contributed by atoms with van der Waals surface area (Å²) in [6.45, 7) is 7.67. The molecule has 0 bridgehead atoms. The van der Waals surface area contributed by atoms with E-state index in [2.05, 4.69) is 4.72 Å². The van der Waals surface area contributed by atoms with E-state index >= 15 is 0 Å². The molecule has 1 aromatic carbocycles. The monoisotopic (exact) mass is 241 g/mol. The summed E-state index contributed by atoms with van der Waals surface area (Å²) >= 11 is 0. The summed E-state index contributed by atoms with van der Waals surface area (Å²) < 4.78 is 26.2.